The van der Waals surface area contributed by atoms with Crippen molar-refractivity contribution in [2.75, 3.05) is 32.4 Å². The summed E-state index contributed by atoms with van der Waals surface area (Å²) >= 11 is 1.70. The first-order valence-corrected chi connectivity index (χ1v) is 8.09. The summed E-state index contributed by atoms with van der Waals surface area (Å²) in [6.07, 6.45) is 4.41. The lowest BCUT2D eigenvalue weighted by Gasteiger charge is -2.22. The second-order valence-corrected chi connectivity index (χ2v) is 6.51. The molecule has 0 bridgehead atoms. The van der Waals surface area contributed by atoms with E-state index in [1.807, 2.05) is 35.4 Å². The van der Waals surface area contributed by atoms with Crippen LogP contribution in [-0.4, -0.2) is 43.2 Å². The zero-order valence-electron chi connectivity index (χ0n) is 11.7. The van der Waals surface area contributed by atoms with Crippen LogP contribution >= 0.6 is 24.2 Å². The maximum absolute atomic E-state index is 12.5. The number of carbonyl (C=O) groups is 1. The number of amides is 1. The zero-order valence-corrected chi connectivity index (χ0v) is 13.4. The van der Waals surface area contributed by atoms with E-state index in [9.17, 15) is 4.79 Å². The molecule has 2 aliphatic rings. The van der Waals surface area contributed by atoms with Crippen LogP contribution < -0.4 is 5.32 Å². The second-order valence-electron chi connectivity index (χ2n) is 5.63. The van der Waals surface area contributed by atoms with Gasteiger partial charge in [0, 0.05) is 35.5 Å². The molecule has 20 heavy (non-hydrogen) atoms. The maximum atomic E-state index is 12.5. The van der Waals surface area contributed by atoms with E-state index in [4.69, 9.17) is 0 Å². The van der Waals surface area contributed by atoms with Crippen molar-refractivity contribution in [3.05, 3.63) is 29.8 Å². The standard InChI is InChI=1S/C15H20N2OS.ClH/c1-19-13-4-2-12(3-5-13)14(18)17-9-7-15(11-17)6-8-16-10-15;/h2-5,16H,6-11H2,1H3;1H. The number of likely N-dealkylation sites (tertiary alicyclic amines) is 1. The van der Waals surface area contributed by atoms with E-state index < -0.39 is 0 Å². The van der Waals surface area contributed by atoms with E-state index >= 15 is 0 Å². The fourth-order valence-corrected chi connectivity index (χ4v) is 3.58. The largest absolute Gasteiger partial charge is 0.338 e. The molecule has 2 heterocycles. The van der Waals surface area contributed by atoms with Crippen LogP contribution in [0, 0.1) is 5.41 Å². The van der Waals surface area contributed by atoms with Crippen LogP contribution in [-0.2, 0) is 0 Å². The van der Waals surface area contributed by atoms with Gasteiger partial charge in [0.15, 0.2) is 0 Å². The van der Waals surface area contributed by atoms with Crippen LogP contribution in [0.3, 0.4) is 0 Å². The molecule has 0 radical (unpaired) electrons. The third-order valence-electron chi connectivity index (χ3n) is 4.39. The van der Waals surface area contributed by atoms with Gasteiger partial charge in [-0.25, -0.2) is 0 Å². The van der Waals surface area contributed by atoms with Crippen LogP contribution in [0.25, 0.3) is 0 Å². The van der Waals surface area contributed by atoms with E-state index in [0.29, 0.717) is 5.41 Å². The topological polar surface area (TPSA) is 32.3 Å². The van der Waals surface area contributed by atoms with Gasteiger partial charge in [-0.15, -0.1) is 24.2 Å². The number of nitrogens with one attached hydrogen (secondary N) is 1. The molecule has 1 aromatic carbocycles. The van der Waals surface area contributed by atoms with Crippen molar-refractivity contribution in [2.24, 2.45) is 5.41 Å². The van der Waals surface area contributed by atoms with Gasteiger partial charge in [0.1, 0.15) is 0 Å². The minimum absolute atomic E-state index is 0. The molecule has 3 rings (SSSR count). The molecule has 1 N–H and O–H groups in total. The fraction of sp³-hybridized carbons (Fsp3) is 0.533. The number of hydrogen-bond acceptors (Lipinski definition) is 3. The molecule has 110 valence electrons. The lowest BCUT2D eigenvalue weighted by molar-refractivity contribution is 0.0775. The third-order valence-corrected chi connectivity index (χ3v) is 5.14. The van der Waals surface area contributed by atoms with Crippen LogP contribution in [0.4, 0.5) is 0 Å². The number of halogens is 1. The summed E-state index contributed by atoms with van der Waals surface area (Å²) in [5.74, 6) is 0.191. The quantitative estimate of drug-likeness (QED) is 0.852. The highest BCUT2D eigenvalue weighted by molar-refractivity contribution is 7.98. The van der Waals surface area contributed by atoms with Gasteiger partial charge in [-0.05, 0) is 49.9 Å². The molecule has 1 unspecified atom stereocenters. The molecule has 1 amide bonds. The highest BCUT2D eigenvalue weighted by Gasteiger charge is 2.41. The summed E-state index contributed by atoms with van der Waals surface area (Å²) in [7, 11) is 0. The molecule has 0 aliphatic carbocycles. The Hall–Kier alpha value is -0.710. The lowest BCUT2D eigenvalue weighted by atomic mass is 9.86. The van der Waals surface area contributed by atoms with Crippen molar-refractivity contribution in [3.63, 3.8) is 0 Å². The van der Waals surface area contributed by atoms with Crippen molar-refractivity contribution in [1.82, 2.24) is 10.2 Å². The Kier molecular flexibility index (Phi) is 4.99. The van der Waals surface area contributed by atoms with Crippen molar-refractivity contribution >= 4 is 30.1 Å². The number of benzene rings is 1. The van der Waals surface area contributed by atoms with Gasteiger partial charge < -0.3 is 10.2 Å². The molecule has 0 aromatic heterocycles. The molecular formula is C15H21ClN2OS. The predicted octanol–water partition coefficient (Wildman–Crippen LogP) is 2.66. The third kappa shape index (κ3) is 2.97. The zero-order chi connectivity index (χ0) is 13.3. The van der Waals surface area contributed by atoms with E-state index in [1.54, 1.807) is 11.8 Å². The molecule has 2 saturated heterocycles. The summed E-state index contributed by atoms with van der Waals surface area (Å²) in [6, 6.07) is 7.96. The Morgan fingerprint density at radius 1 is 1.30 bits per heavy atom. The SMILES string of the molecule is CSc1ccc(C(=O)N2CCC3(CCNC3)C2)cc1.Cl. The van der Waals surface area contributed by atoms with Crippen LogP contribution in [0.1, 0.15) is 23.2 Å². The number of rotatable bonds is 2. The molecule has 1 atom stereocenters. The highest BCUT2D eigenvalue weighted by Crippen LogP contribution is 2.36. The lowest BCUT2D eigenvalue weighted by Crippen LogP contribution is -2.33. The van der Waals surface area contributed by atoms with Crippen molar-refractivity contribution in [2.45, 2.75) is 17.7 Å². The minimum atomic E-state index is 0. The van der Waals surface area contributed by atoms with Crippen LogP contribution in [0.15, 0.2) is 29.2 Å². The molecule has 2 fully saturated rings. The number of nitrogens with zero attached hydrogens (tertiary/aromatic N) is 1. The monoisotopic (exact) mass is 312 g/mol. The van der Waals surface area contributed by atoms with Gasteiger partial charge in [-0.2, -0.15) is 0 Å². The normalized spacial score (nSPS) is 24.9. The Balaban J connectivity index is 0.00000147. The summed E-state index contributed by atoms with van der Waals surface area (Å²) in [5, 5.41) is 3.43. The van der Waals surface area contributed by atoms with Crippen molar-refractivity contribution < 1.29 is 4.79 Å². The van der Waals surface area contributed by atoms with E-state index in [2.05, 4.69) is 5.32 Å². The van der Waals surface area contributed by atoms with Crippen LogP contribution in [0.5, 0.6) is 0 Å². The van der Waals surface area contributed by atoms with Crippen LogP contribution in [0.2, 0.25) is 0 Å². The van der Waals surface area contributed by atoms with Gasteiger partial charge in [-0.1, -0.05) is 0 Å². The average Bonchev–Trinajstić information content (AvgIpc) is 3.09. The molecule has 1 aromatic rings. The Labute approximate surface area is 130 Å². The van der Waals surface area contributed by atoms with Gasteiger partial charge in [-0.3, -0.25) is 4.79 Å². The summed E-state index contributed by atoms with van der Waals surface area (Å²) in [5.41, 5.74) is 1.18. The number of thioether (sulfide) groups is 1. The molecule has 1 spiro atoms. The summed E-state index contributed by atoms with van der Waals surface area (Å²) < 4.78 is 0. The highest BCUT2D eigenvalue weighted by atomic mass is 35.5. The Bertz CT molecular complexity index is 471. The minimum Gasteiger partial charge on any atom is -0.338 e. The average molecular weight is 313 g/mol. The van der Waals surface area contributed by atoms with E-state index in [-0.39, 0.29) is 18.3 Å². The molecule has 0 saturated carbocycles. The molecule has 2 aliphatic heterocycles. The Morgan fingerprint density at radius 2 is 2.05 bits per heavy atom. The van der Waals surface area contributed by atoms with Crippen molar-refractivity contribution in [3.8, 4) is 0 Å². The first-order valence-electron chi connectivity index (χ1n) is 6.87. The summed E-state index contributed by atoms with van der Waals surface area (Å²) in [6.45, 7) is 4.00. The van der Waals surface area contributed by atoms with Gasteiger partial charge >= 0.3 is 0 Å². The predicted molar refractivity (Wildman–Crippen MR) is 85.9 cm³/mol. The molecule has 3 nitrogen and oxygen atoms in total. The van der Waals surface area contributed by atoms with Gasteiger partial charge in [0.25, 0.3) is 5.91 Å². The van der Waals surface area contributed by atoms with E-state index in [0.717, 1.165) is 38.2 Å². The van der Waals surface area contributed by atoms with Crippen molar-refractivity contribution in [1.29, 1.82) is 0 Å². The molecular weight excluding hydrogens is 292 g/mol. The smallest absolute Gasteiger partial charge is 0.253 e. The Morgan fingerprint density at radius 3 is 2.65 bits per heavy atom. The van der Waals surface area contributed by atoms with E-state index in [1.165, 1.54) is 11.3 Å². The summed E-state index contributed by atoms with van der Waals surface area (Å²) in [4.78, 5) is 15.7. The fourth-order valence-electron chi connectivity index (χ4n) is 3.17. The second kappa shape index (κ2) is 6.37. The van der Waals surface area contributed by atoms with Gasteiger partial charge in [0.2, 0.25) is 0 Å². The number of carbonyl (C=O) groups excluding carboxylic acids is 1. The molecule has 5 heteroatoms. The number of hydrogen-bond donors (Lipinski definition) is 1. The maximum Gasteiger partial charge on any atom is 0.253 e. The first-order chi connectivity index (χ1) is 9.22. The van der Waals surface area contributed by atoms with Gasteiger partial charge in [0.05, 0.1) is 0 Å². The first kappa shape index (κ1) is 15.7.